The molecule has 3 heterocycles. The van der Waals surface area contributed by atoms with Crippen LogP contribution in [0.15, 0.2) is 88.8 Å². The van der Waals surface area contributed by atoms with Crippen LogP contribution in [0.2, 0.25) is 10.0 Å². The molecule has 0 saturated heterocycles. The van der Waals surface area contributed by atoms with Gasteiger partial charge in [0.2, 0.25) is 0 Å². The van der Waals surface area contributed by atoms with Gasteiger partial charge in [-0.3, -0.25) is 14.3 Å². The van der Waals surface area contributed by atoms with Crippen LogP contribution >= 0.6 is 23.2 Å². The summed E-state index contributed by atoms with van der Waals surface area (Å²) in [6.07, 6.45) is 5.00. The molecule has 158 valence electrons. The smallest absolute Gasteiger partial charge is 0.340 e. The fraction of sp³-hybridized carbons (Fsp3) is 0.0417. The van der Waals surface area contributed by atoms with Crippen LogP contribution in [-0.4, -0.2) is 18.7 Å². The lowest BCUT2D eigenvalue weighted by molar-refractivity contribution is 0.831. The lowest BCUT2D eigenvalue weighted by atomic mass is 10.1. The van der Waals surface area contributed by atoms with Gasteiger partial charge in [0.25, 0.3) is 5.56 Å². The molecule has 0 saturated carbocycles. The van der Waals surface area contributed by atoms with E-state index in [1.807, 2.05) is 42.1 Å². The SMILES string of the molecule is Cn1cccc1-c1ccc2c(=O)n(-c3cccnc3)c(=O)n(-c3ccc(Cl)c(Cl)c3)c2c1. The van der Waals surface area contributed by atoms with Crippen molar-refractivity contribution < 1.29 is 0 Å². The third-order valence-corrected chi connectivity index (χ3v) is 6.10. The summed E-state index contributed by atoms with van der Waals surface area (Å²) in [5.41, 5.74) is 2.22. The van der Waals surface area contributed by atoms with E-state index in [0.29, 0.717) is 32.3 Å². The van der Waals surface area contributed by atoms with Crippen molar-refractivity contribution >= 4 is 34.1 Å². The largest absolute Gasteiger partial charge is 0.351 e. The topological polar surface area (TPSA) is 61.8 Å². The summed E-state index contributed by atoms with van der Waals surface area (Å²) in [6, 6.07) is 17.6. The van der Waals surface area contributed by atoms with E-state index in [2.05, 4.69) is 4.98 Å². The molecule has 0 atom stereocenters. The second-order valence-electron chi connectivity index (χ2n) is 7.30. The van der Waals surface area contributed by atoms with Crippen LogP contribution < -0.4 is 11.2 Å². The molecule has 0 bridgehead atoms. The van der Waals surface area contributed by atoms with Crippen molar-refractivity contribution in [3.8, 4) is 22.6 Å². The average Bonchev–Trinajstić information content (AvgIpc) is 3.22. The highest BCUT2D eigenvalue weighted by Crippen LogP contribution is 2.27. The lowest BCUT2D eigenvalue weighted by Crippen LogP contribution is -2.38. The molecule has 0 unspecified atom stereocenters. The highest BCUT2D eigenvalue weighted by Gasteiger charge is 2.18. The fourth-order valence-electron chi connectivity index (χ4n) is 3.82. The summed E-state index contributed by atoms with van der Waals surface area (Å²) in [5, 5.41) is 1.07. The van der Waals surface area contributed by atoms with E-state index in [0.717, 1.165) is 15.8 Å². The van der Waals surface area contributed by atoms with Crippen molar-refractivity contribution in [2.24, 2.45) is 7.05 Å². The maximum Gasteiger partial charge on any atom is 0.340 e. The third-order valence-electron chi connectivity index (χ3n) is 5.36. The Kier molecular flexibility index (Phi) is 4.96. The van der Waals surface area contributed by atoms with Crippen LogP contribution in [-0.2, 0) is 7.05 Å². The Hall–Kier alpha value is -3.61. The summed E-state index contributed by atoms with van der Waals surface area (Å²) < 4.78 is 4.55. The molecule has 0 spiro atoms. The van der Waals surface area contributed by atoms with Crippen LogP contribution in [0.1, 0.15) is 0 Å². The van der Waals surface area contributed by atoms with E-state index >= 15 is 0 Å². The zero-order valence-electron chi connectivity index (χ0n) is 16.9. The minimum atomic E-state index is -0.530. The van der Waals surface area contributed by atoms with Gasteiger partial charge in [-0.25, -0.2) is 9.36 Å². The van der Waals surface area contributed by atoms with Crippen LogP contribution in [0.25, 0.3) is 33.5 Å². The van der Waals surface area contributed by atoms with E-state index in [1.165, 1.54) is 10.8 Å². The van der Waals surface area contributed by atoms with E-state index in [9.17, 15) is 9.59 Å². The Bertz CT molecular complexity index is 1600. The summed E-state index contributed by atoms with van der Waals surface area (Å²) in [6.45, 7) is 0. The number of fused-ring (bicyclic) bond motifs is 1. The molecule has 6 nitrogen and oxygen atoms in total. The first kappa shape index (κ1) is 20.3. The van der Waals surface area contributed by atoms with E-state index in [-0.39, 0.29) is 0 Å². The number of hydrogen-bond acceptors (Lipinski definition) is 3. The van der Waals surface area contributed by atoms with Gasteiger partial charge in [-0.2, -0.15) is 0 Å². The number of hydrogen-bond donors (Lipinski definition) is 0. The molecule has 0 aliphatic rings. The van der Waals surface area contributed by atoms with Crippen LogP contribution in [0.4, 0.5) is 0 Å². The number of benzene rings is 2. The number of halogens is 2. The molecule has 0 aliphatic heterocycles. The quantitative estimate of drug-likeness (QED) is 0.385. The first-order valence-corrected chi connectivity index (χ1v) is 10.5. The Labute approximate surface area is 192 Å². The van der Waals surface area contributed by atoms with E-state index < -0.39 is 11.2 Å². The minimum Gasteiger partial charge on any atom is -0.351 e. The Balaban J connectivity index is 1.92. The third kappa shape index (κ3) is 3.25. The molecule has 8 heteroatoms. The monoisotopic (exact) mass is 462 g/mol. The van der Waals surface area contributed by atoms with Crippen LogP contribution in [0.3, 0.4) is 0 Å². The second kappa shape index (κ2) is 7.82. The molecule has 0 fully saturated rings. The number of aryl methyl sites for hydroxylation is 1. The Morgan fingerprint density at radius 1 is 0.844 bits per heavy atom. The molecule has 0 aliphatic carbocycles. The standard InChI is InChI=1S/C24H16Cl2N4O2/c1-28-11-3-5-21(28)15-6-8-18-22(12-15)29(16-7-9-19(25)20(26)13-16)24(32)30(23(18)31)17-4-2-10-27-14-17/h2-14H,1H3. The molecular formula is C24H16Cl2N4O2. The molecular weight excluding hydrogens is 447 g/mol. The van der Waals surface area contributed by atoms with Gasteiger partial charge in [0.05, 0.1) is 38.5 Å². The maximum atomic E-state index is 13.7. The number of pyridine rings is 1. The van der Waals surface area contributed by atoms with Crippen molar-refractivity contribution in [2.75, 3.05) is 0 Å². The van der Waals surface area contributed by atoms with Gasteiger partial charge < -0.3 is 4.57 Å². The zero-order valence-corrected chi connectivity index (χ0v) is 18.4. The van der Waals surface area contributed by atoms with Gasteiger partial charge in [-0.15, -0.1) is 0 Å². The van der Waals surface area contributed by atoms with Gasteiger partial charge in [0.1, 0.15) is 0 Å². The molecule has 3 aromatic heterocycles. The number of aromatic nitrogens is 4. The highest BCUT2D eigenvalue weighted by molar-refractivity contribution is 6.42. The molecule has 32 heavy (non-hydrogen) atoms. The number of nitrogens with zero attached hydrogens (tertiary/aromatic N) is 4. The zero-order chi connectivity index (χ0) is 22.4. The van der Waals surface area contributed by atoms with Gasteiger partial charge >= 0.3 is 5.69 Å². The van der Waals surface area contributed by atoms with Crippen molar-refractivity contribution in [3.05, 3.63) is 110 Å². The molecule has 5 aromatic rings. The summed E-state index contributed by atoms with van der Waals surface area (Å²) in [5.74, 6) is 0. The minimum absolute atomic E-state index is 0.307. The molecule has 2 aromatic carbocycles. The fourth-order valence-corrected chi connectivity index (χ4v) is 4.11. The first-order chi connectivity index (χ1) is 15.5. The van der Waals surface area contributed by atoms with Crippen molar-refractivity contribution in [3.63, 3.8) is 0 Å². The second-order valence-corrected chi connectivity index (χ2v) is 8.12. The van der Waals surface area contributed by atoms with Crippen molar-refractivity contribution in [1.82, 2.24) is 18.7 Å². The van der Waals surface area contributed by atoms with Gasteiger partial charge in [0.15, 0.2) is 0 Å². The maximum absolute atomic E-state index is 13.7. The average molecular weight is 463 g/mol. The van der Waals surface area contributed by atoms with Gasteiger partial charge in [0, 0.05) is 30.7 Å². The van der Waals surface area contributed by atoms with Gasteiger partial charge in [-0.05, 0) is 54.6 Å². The molecule has 0 amide bonds. The van der Waals surface area contributed by atoms with Gasteiger partial charge in [-0.1, -0.05) is 29.3 Å². The molecule has 5 rings (SSSR count). The molecule has 0 radical (unpaired) electrons. The van der Waals surface area contributed by atoms with Crippen LogP contribution in [0, 0.1) is 0 Å². The first-order valence-electron chi connectivity index (χ1n) is 9.75. The summed E-state index contributed by atoms with van der Waals surface area (Å²) >= 11 is 12.4. The summed E-state index contributed by atoms with van der Waals surface area (Å²) in [4.78, 5) is 31.1. The Morgan fingerprint density at radius 3 is 2.38 bits per heavy atom. The predicted octanol–water partition coefficient (Wildman–Crippen LogP) is 4.85. The lowest BCUT2D eigenvalue weighted by Gasteiger charge is -2.16. The van der Waals surface area contributed by atoms with Crippen LogP contribution in [0.5, 0.6) is 0 Å². The van der Waals surface area contributed by atoms with Crippen molar-refractivity contribution in [2.45, 2.75) is 0 Å². The normalized spacial score (nSPS) is 11.2. The molecule has 0 N–H and O–H groups in total. The van der Waals surface area contributed by atoms with E-state index in [1.54, 1.807) is 42.6 Å². The predicted molar refractivity (Wildman–Crippen MR) is 127 cm³/mol. The number of rotatable bonds is 3. The van der Waals surface area contributed by atoms with Crippen molar-refractivity contribution in [1.29, 1.82) is 0 Å². The summed E-state index contributed by atoms with van der Waals surface area (Å²) in [7, 11) is 1.94. The highest BCUT2D eigenvalue weighted by atomic mass is 35.5. The van der Waals surface area contributed by atoms with E-state index in [4.69, 9.17) is 23.2 Å². The Morgan fingerprint density at radius 2 is 1.69 bits per heavy atom.